The van der Waals surface area contributed by atoms with Crippen LogP contribution in [0, 0.1) is 0 Å². The van der Waals surface area contributed by atoms with Gasteiger partial charge < -0.3 is 13.9 Å². The van der Waals surface area contributed by atoms with Crippen molar-refractivity contribution in [2.45, 2.75) is 0 Å². The van der Waals surface area contributed by atoms with Gasteiger partial charge in [-0.25, -0.2) is 0 Å². The van der Waals surface area contributed by atoms with Crippen molar-refractivity contribution in [2.24, 2.45) is 0 Å². The third-order valence-corrected chi connectivity index (χ3v) is 4.48. The van der Waals surface area contributed by atoms with E-state index in [0.717, 1.165) is 11.1 Å². The Hall–Kier alpha value is -3.53. The predicted molar refractivity (Wildman–Crippen MR) is 108 cm³/mol. The summed E-state index contributed by atoms with van der Waals surface area (Å²) in [5.41, 5.74) is 3.08. The first kappa shape index (κ1) is 16.9. The summed E-state index contributed by atoms with van der Waals surface area (Å²) in [6.45, 7) is 0. The lowest BCUT2D eigenvalue weighted by atomic mass is 10.1. The van der Waals surface area contributed by atoms with Gasteiger partial charge in [0.1, 0.15) is 11.2 Å². The van der Waals surface area contributed by atoms with Crippen LogP contribution in [-0.4, -0.2) is 14.2 Å². The molecule has 0 fully saturated rings. The summed E-state index contributed by atoms with van der Waals surface area (Å²) >= 11 is 0. The van der Waals surface area contributed by atoms with Gasteiger partial charge in [0.2, 0.25) is 5.43 Å². The second-order valence-corrected chi connectivity index (χ2v) is 6.13. The molecule has 0 amide bonds. The summed E-state index contributed by atoms with van der Waals surface area (Å²) in [5, 5.41) is 1.18. The van der Waals surface area contributed by atoms with Crippen LogP contribution in [-0.2, 0) is 0 Å². The molecule has 0 N–H and O–H groups in total. The molecule has 0 aliphatic rings. The molecule has 0 saturated heterocycles. The fraction of sp³-hybridized carbons (Fsp3) is 0.0870. The zero-order valence-corrected chi connectivity index (χ0v) is 15.1. The highest BCUT2D eigenvalue weighted by atomic mass is 16.5. The molecule has 4 heteroatoms. The molecule has 27 heavy (non-hydrogen) atoms. The molecule has 0 unspecified atom stereocenters. The molecule has 4 nitrogen and oxygen atoms in total. The maximum absolute atomic E-state index is 12.6. The van der Waals surface area contributed by atoms with Gasteiger partial charge in [0, 0.05) is 0 Å². The van der Waals surface area contributed by atoms with Gasteiger partial charge in [-0.2, -0.15) is 0 Å². The first-order valence-corrected chi connectivity index (χ1v) is 8.55. The summed E-state index contributed by atoms with van der Waals surface area (Å²) in [5.74, 6) is 1.37. The summed E-state index contributed by atoms with van der Waals surface area (Å²) in [4.78, 5) is 12.6. The van der Waals surface area contributed by atoms with Crippen molar-refractivity contribution in [3.63, 3.8) is 0 Å². The fourth-order valence-corrected chi connectivity index (χ4v) is 3.07. The normalized spacial score (nSPS) is 11.3. The van der Waals surface area contributed by atoms with E-state index in [1.54, 1.807) is 20.3 Å². The Kier molecular flexibility index (Phi) is 4.38. The molecular weight excluding hydrogens is 340 g/mol. The molecule has 1 heterocycles. The third-order valence-electron chi connectivity index (χ3n) is 4.48. The second-order valence-electron chi connectivity index (χ2n) is 6.13. The van der Waals surface area contributed by atoms with E-state index in [4.69, 9.17) is 13.9 Å². The molecule has 0 radical (unpaired) electrons. The van der Waals surface area contributed by atoms with Crippen LogP contribution in [0.25, 0.3) is 34.1 Å². The molecule has 0 saturated carbocycles. The van der Waals surface area contributed by atoms with Crippen molar-refractivity contribution in [2.75, 3.05) is 14.2 Å². The highest BCUT2D eigenvalue weighted by Crippen LogP contribution is 2.28. The monoisotopic (exact) mass is 358 g/mol. The van der Waals surface area contributed by atoms with Crippen molar-refractivity contribution in [3.05, 3.63) is 82.0 Å². The number of fused-ring (bicyclic) bond motifs is 2. The zero-order chi connectivity index (χ0) is 18.8. The molecule has 0 atom stereocenters. The molecule has 4 aromatic rings. The molecule has 0 aliphatic carbocycles. The van der Waals surface area contributed by atoms with E-state index >= 15 is 0 Å². The van der Waals surface area contributed by atoms with Crippen LogP contribution in [0.2, 0.25) is 0 Å². The molecule has 0 spiro atoms. The lowest BCUT2D eigenvalue weighted by molar-refractivity contribution is 0.355. The molecular formula is C23H18O4. The van der Waals surface area contributed by atoms with E-state index in [1.807, 2.05) is 66.7 Å². The number of hydrogen-bond donors (Lipinski definition) is 0. The van der Waals surface area contributed by atoms with Gasteiger partial charge >= 0.3 is 0 Å². The first-order valence-electron chi connectivity index (χ1n) is 8.55. The fourth-order valence-electron chi connectivity index (χ4n) is 3.07. The minimum atomic E-state index is -0.0118. The summed E-state index contributed by atoms with van der Waals surface area (Å²) in [6, 6.07) is 18.6. The van der Waals surface area contributed by atoms with Gasteiger partial charge in [0.05, 0.1) is 25.0 Å². The number of para-hydroxylation sites is 1. The number of methoxy groups -OCH3 is 2. The maximum Gasteiger partial charge on any atom is 0.200 e. The summed E-state index contributed by atoms with van der Waals surface area (Å²) < 4.78 is 16.5. The molecule has 1 aromatic heterocycles. The first-order chi connectivity index (χ1) is 13.2. The Morgan fingerprint density at radius 3 is 2.19 bits per heavy atom. The van der Waals surface area contributed by atoms with Gasteiger partial charge in [-0.3, -0.25) is 4.79 Å². The lowest BCUT2D eigenvalue weighted by Gasteiger charge is -2.07. The van der Waals surface area contributed by atoms with Crippen LogP contribution < -0.4 is 14.9 Å². The van der Waals surface area contributed by atoms with E-state index in [0.29, 0.717) is 33.4 Å². The second kappa shape index (κ2) is 7.00. The van der Waals surface area contributed by atoms with Crippen LogP contribution in [0.5, 0.6) is 11.5 Å². The van der Waals surface area contributed by atoms with Gasteiger partial charge in [-0.15, -0.1) is 0 Å². The third kappa shape index (κ3) is 3.17. The lowest BCUT2D eigenvalue weighted by Crippen LogP contribution is -2.01. The molecule has 134 valence electrons. The minimum absolute atomic E-state index is 0.0118. The number of rotatable bonds is 4. The van der Waals surface area contributed by atoms with E-state index in [9.17, 15) is 4.79 Å². The van der Waals surface area contributed by atoms with Crippen molar-refractivity contribution in [1.29, 1.82) is 0 Å². The number of hydrogen-bond acceptors (Lipinski definition) is 4. The Balaban J connectivity index is 1.73. The van der Waals surface area contributed by atoms with E-state index in [1.165, 1.54) is 0 Å². The Morgan fingerprint density at radius 2 is 1.41 bits per heavy atom. The SMILES string of the molecule is COc1ccc(/C=C/c2ccc3c(=O)c4ccccc4oc3c2)cc1OC. The van der Waals surface area contributed by atoms with Gasteiger partial charge in [-0.05, 0) is 47.5 Å². The van der Waals surface area contributed by atoms with Crippen molar-refractivity contribution < 1.29 is 13.9 Å². The van der Waals surface area contributed by atoms with Crippen LogP contribution in [0.1, 0.15) is 11.1 Å². The standard InChI is InChI=1S/C23H18O4/c1-25-20-12-10-16(14-22(20)26-2)8-7-15-9-11-18-21(13-15)27-19-6-4-3-5-17(19)23(18)24/h3-14H,1-2H3/b8-7+. The van der Waals surface area contributed by atoms with Crippen LogP contribution in [0.3, 0.4) is 0 Å². The number of ether oxygens (including phenoxy) is 2. The largest absolute Gasteiger partial charge is 0.493 e. The van der Waals surface area contributed by atoms with E-state index in [2.05, 4.69) is 0 Å². The molecule has 3 aromatic carbocycles. The van der Waals surface area contributed by atoms with E-state index in [-0.39, 0.29) is 5.43 Å². The molecule has 0 aliphatic heterocycles. The Bertz CT molecular complexity index is 1220. The highest BCUT2D eigenvalue weighted by molar-refractivity contribution is 5.91. The van der Waals surface area contributed by atoms with Gasteiger partial charge in [-0.1, -0.05) is 36.4 Å². The maximum atomic E-state index is 12.6. The quantitative estimate of drug-likeness (QED) is 0.375. The van der Waals surface area contributed by atoms with Gasteiger partial charge in [0.25, 0.3) is 0 Å². The van der Waals surface area contributed by atoms with Crippen molar-refractivity contribution >= 4 is 34.1 Å². The average molecular weight is 358 g/mol. The summed E-state index contributed by atoms with van der Waals surface area (Å²) in [6.07, 6.45) is 3.94. The van der Waals surface area contributed by atoms with Crippen molar-refractivity contribution in [1.82, 2.24) is 0 Å². The minimum Gasteiger partial charge on any atom is -0.493 e. The highest BCUT2D eigenvalue weighted by Gasteiger charge is 2.07. The number of benzene rings is 3. The summed E-state index contributed by atoms with van der Waals surface area (Å²) in [7, 11) is 3.22. The Morgan fingerprint density at radius 1 is 0.741 bits per heavy atom. The Labute approximate surface area is 156 Å². The molecule has 4 rings (SSSR count). The van der Waals surface area contributed by atoms with Crippen LogP contribution >= 0.6 is 0 Å². The smallest absolute Gasteiger partial charge is 0.200 e. The van der Waals surface area contributed by atoms with E-state index < -0.39 is 0 Å². The van der Waals surface area contributed by atoms with Crippen LogP contribution in [0.15, 0.2) is 69.9 Å². The van der Waals surface area contributed by atoms with Gasteiger partial charge in [0.15, 0.2) is 11.5 Å². The predicted octanol–water partition coefficient (Wildman–Crippen LogP) is 5.13. The van der Waals surface area contributed by atoms with Crippen LogP contribution in [0.4, 0.5) is 0 Å². The average Bonchev–Trinajstić information content (AvgIpc) is 2.72. The zero-order valence-electron chi connectivity index (χ0n) is 15.1. The topological polar surface area (TPSA) is 48.7 Å². The molecule has 0 bridgehead atoms. The van der Waals surface area contributed by atoms with Crippen molar-refractivity contribution in [3.8, 4) is 11.5 Å².